The number of carboxylic acid groups (broad SMARTS) is 1. The summed E-state index contributed by atoms with van der Waals surface area (Å²) < 4.78 is 0. The van der Waals surface area contributed by atoms with Crippen LogP contribution in [0.4, 0.5) is 4.79 Å². The molecule has 0 aromatic rings. The molecule has 2 amide bonds. The molecule has 1 aliphatic carbocycles. The lowest BCUT2D eigenvalue weighted by Crippen LogP contribution is -2.45. The van der Waals surface area contributed by atoms with Gasteiger partial charge in [0.15, 0.2) is 0 Å². The molecule has 0 spiro atoms. The van der Waals surface area contributed by atoms with E-state index in [-0.39, 0.29) is 12.6 Å². The maximum absolute atomic E-state index is 12.0. The minimum absolute atomic E-state index is 0.0787. The van der Waals surface area contributed by atoms with Crippen molar-refractivity contribution in [2.75, 3.05) is 20.6 Å². The molecule has 1 rings (SSSR count). The maximum atomic E-state index is 12.0. The average molecular weight is 242 g/mol. The Morgan fingerprint density at radius 1 is 1.29 bits per heavy atom. The molecule has 1 aliphatic rings. The van der Waals surface area contributed by atoms with Crippen molar-refractivity contribution in [2.45, 2.75) is 38.6 Å². The smallest absolute Gasteiger partial charge is 0.319 e. The lowest BCUT2D eigenvalue weighted by molar-refractivity contribution is -0.141. The summed E-state index contributed by atoms with van der Waals surface area (Å²) in [6, 6.07) is 0.245. The van der Waals surface area contributed by atoms with Gasteiger partial charge in [-0.15, -0.1) is 0 Å². The van der Waals surface area contributed by atoms with Gasteiger partial charge in [-0.25, -0.2) is 4.79 Å². The number of rotatable bonds is 4. The summed E-state index contributed by atoms with van der Waals surface area (Å²) >= 11 is 0. The molecule has 0 heterocycles. The first-order chi connectivity index (χ1) is 7.93. The highest BCUT2D eigenvalue weighted by Gasteiger charge is 2.26. The van der Waals surface area contributed by atoms with Crippen LogP contribution in [0.5, 0.6) is 0 Å². The van der Waals surface area contributed by atoms with E-state index >= 15 is 0 Å². The third-order valence-electron chi connectivity index (χ3n) is 3.47. The number of amides is 2. The van der Waals surface area contributed by atoms with Crippen molar-refractivity contribution in [3.8, 4) is 0 Å². The van der Waals surface area contributed by atoms with E-state index in [1.165, 1.54) is 17.7 Å². The zero-order valence-electron chi connectivity index (χ0n) is 10.8. The molecule has 5 heteroatoms. The summed E-state index contributed by atoms with van der Waals surface area (Å²) in [5.41, 5.74) is 0. The standard InChI is InChI=1S/C12H22N2O3/c1-9(11(15)16)8-13(2)12(17)14(3)10-6-4-5-7-10/h9-10H,4-8H2,1-3H3,(H,15,16). The fourth-order valence-corrected chi connectivity index (χ4v) is 2.28. The van der Waals surface area contributed by atoms with Crippen LogP contribution in [0.2, 0.25) is 0 Å². The number of urea groups is 1. The van der Waals surface area contributed by atoms with E-state index < -0.39 is 11.9 Å². The first kappa shape index (κ1) is 13.8. The third kappa shape index (κ3) is 3.61. The Morgan fingerprint density at radius 3 is 2.29 bits per heavy atom. The number of hydrogen-bond acceptors (Lipinski definition) is 2. The van der Waals surface area contributed by atoms with Crippen molar-refractivity contribution in [1.29, 1.82) is 0 Å². The van der Waals surface area contributed by atoms with Crippen molar-refractivity contribution < 1.29 is 14.7 Å². The second kappa shape index (κ2) is 5.89. The van der Waals surface area contributed by atoms with E-state index in [1.807, 2.05) is 0 Å². The summed E-state index contributed by atoms with van der Waals surface area (Å²) in [5.74, 6) is -1.39. The van der Waals surface area contributed by atoms with Crippen molar-refractivity contribution >= 4 is 12.0 Å². The topological polar surface area (TPSA) is 60.9 Å². The molecule has 1 fully saturated rings. The Morgan fingerprint density at radius 2 is 1.82 bits per heavy atom. The number of hydrogen-bond donors (Lipinski definition) is 1. The minimum Gasteiger partial charge on any atom is -0.481 e. The molecule has 5 nitrogen and oxygen atoms in total. The predicted octanol–water partition coefficient (Wildman–Crippen LogP) is 1.63. The maximum Gasteiger partial charge on any atom is 0.319 e. The van der Waals surface area contributed by atoms with Gasteiger partial charge in [0.25, 0.3) is 0 Å². The summed E-state index contributed by atoms with van der Waals surface area (Å²) in [6.45, 7) is 1.87. The monoisotopic (exact) mass is 242 g/mol. The van der Waals surface area contributed by atoms with Gasteiger partial charge in [0.2, 0.25) is 0 Å². The number of nitrogens with zero attached hydrogens (tertiary/aromatic N) is 2. The van der Waals surface area contributed by atoms with E-state index in [4.69, 9.17) is 5.11 Å². The van der Waals surface area contributed by atoms with Crippen LogP contribution in [0.15, 0.2) is 0 Å². The van der Waals surface area contributed by atoms with E-state index in [9.17, 15) is 9.59 Å². The molecule has 1 N–H and O–H groups in total. The lowest BCUT2D eigenvalue weighted by Gasteiger charge is -2.30. The Kier molecular flexibility index (Phi) is 4.78. The Labute approximate surface area is 102 Å². The number of carboxylic acids is 1. The van der Waals surface area contributed by atoms with E-state index in [0.29, 0.717) is 6.04 Å². The molecule has 17 heavy (non-hydrogen) atoms. The molecule has 0 aromatic heterocycles. The SMILES string of the molecule is CC(CN(C)C(=O)N(C)C1CCCC1)C(=O)O. The number of aliphatic carboxylic acids is 1. The van der Waals surface area contributed by atoms with Gasteiger partial charge in [-0.3, -0.25) is 4.79 Å². The van der Waals surface area contributed by atoms with Crippen LogP contribution < -0.4 is 0 Å². The molecule has 0 aliphatic heterocycles. The van der Waals surface area contributed by atoms with Crippen molar-refractivity contribution in [3.05, 3.63) is 0 Å². The highest BCUT2D eigenvalue weighted by Crippen LogP contribution is 2.23. The Hall–Kier alpha value is -1.26. The molecule has 0 bridgehead atoms. The minimum atomic E-state index is -0.867. The molecule has 1 unspecified atom stereocenters. The third-order valence-corrected chi connectivity index (χ3v) is 3.47. The quantitative estimate of drug-likeness (QED) is 0.815. The van der Waals surface area contributed by atoms with Crippen LogP contribution in [0.3, 0.4) is 0 Å². The molecule has 98 valence electrons. The normalized spacial score (nSPS) is 17.8. The fourth-order valence-electron chi connectivity index (χ4n) is 2.28. The lowest BCUT2D eigenvalue weighted by atomic mass is 10.2. The second-order valence-corrected chi connectivity index (χ2v) is 4.95. The first-order valence-corrected chi connectivity index (χ1v) is 6.14. The molecule has 1 atom stereocenters. The van der Waals surface area contributed by atoms with Gasteiger partial charge in [0.1, 0.15) is 0 Å². The second-order valence-electron chi connectivity index (χ2n) is 4.95. The van der Waals surface area contributed by atoms with Gasteiger partial charge in [-0.1, -0.05) is 19.8 Å². The number of carbonyl (C=O) groups excluding carboxylic acids is 1. The van der Waals surface area contributed by atoms with Crippen LogP contribution in [0.1, 0.15) is 32.6 Å². The molecule has 1 saturated carbocycles. The van der Waals surface area contributed by atoms with Gasteiger partial charge in [-0.2, -0.15) is 0 Å². The summed E-state index contributed by atoms with van der Waals surface area (Å²) in [7, 11) is 3.47. The van der Waals surface area contributed by atoms with Gasteiger partial charge in [-0.05, 0) is 12.8 Å². The molecule has 0 saturated heterocycles. The van der Waals surface area contributed by atoms with Crippen LogP contribution in [-0.2, 0) is 4.79 Å². The van der Waals surface area contributed by atoms with Crippen LogP contribution in [-0.4, -0.2) is 53.6 Å². The summed E-state index contributed by atoms with van der Waals surface area (Å²) in [6.07, 6.45) is 4.48. The first-order valence-electron chi connectivity index (χ1n) is 6.14. The van der Waals surface area contributed by atoms with E-state index in [1.54, 1.807) is 25.9 Å². The Balaban J connectivity index is 2.47. The van der Waals surface area contributed by atoms with E-state index in [2.05, 4.69) is 0 Å². The van der Waals surface area contributed by atoms with E-state index in [0.717, 1.165) is 12.8 Å². The van der Waals surface area contributed by atoms with Crippen molar-refractivity contribution in [1.82, 2.24) is 9.80 Å². The highest BCUT2D eigenvalue weighted by molar-refractivity contribution is 5.76. The average Bonchev–Trinajstić information content (AvgIpc) is 2.80. The summed E-state index contributed by atoms with van der Waals surface area (Å²) in [4.78, 5) is 26.0. The van der Waals surface area contributed by atoms with Gasteiger partial charge < -0.3 is 14.9 Å². The fraction of sp³-hybridized carbons (Fsp3) is 0.833. The predicted molar refractivity (Wildman–Crippen MR) is 64.8 cm³/mol. The molecular weight excluding hydrogens is 220 g/mol. The summed E-state index contributed by atoms with van der Waals surface area (Å²) in [5, 5.41) is 8.81. The zero-order chi connectivity index (χ0) is 13.0. The van der Waals surface area contributed by atoms with Crippen molar-refractivity contribution in [2.24, 2.45) is 5.92 Å². The largest absolute Gasteiger partial charge is 0.481 e. The molecule has 0 radical (unpaired) electrons. The molecular formula is C12H22N2O3. The molecule has 0 aromatic carbocycles. The van der Waals surface area contributed by atoms with Gasteiger partial charge >= 0.3 is 12.0 Å². The highest BCUT2D eigenvalue weighted by atomic mass is 16.4. The van der Waals surface area contributed by atoms with Gasteiger partial charge in [0, 0.05) is 26.7 Å². The zero-order valence-corrected chi connectivity index (χ0v) is 10.8. The Bertz CT molecular complexity index is 287. The van der Waals surface area contributed by atoms with Gasteiger partial charge in [0.05, 0.1) is 5.92 Å². The number of carbonyl (C=O) groups is 2. The van der Waals surface area contributed by atoms with Crippen LogP contribution >= 0.6 is 0 Å². The van der Waals surface area contributed by atoms with Crippen LogP contribution in [0.25, 0.3) is 0 Å². The van der Waals surface area contributed by atoms with Crippen LogP contribution in [0, 0.1) is 5.92 Å². The van der Waals surface area contributed by atoms with Crippen molar-refractivity contribution in [3.63, 3.8) is 0 Å².